The lowest BCUT2D eigenvalue weighted by atomic mass is 9.88. The minimum atomic E-state index is -0.347. The number of benzene rings is 1. The molecule has 0 aliphatic carbocycles. The van der Waals surface area contributed by atoms with E-state index >= 15 is 0 Å². The van der Waals surface area contributed by atoms with Crippen LogP contribution < -0.4 is 0 Å². The van der Waals surface area contributed by atoms with Crippen molar-refractivity contribution in [2.24, 2.45) is 0 Å². The van der Waals surface area contributed by atoms with Gasteiger partial charge in [-0.2, -0.15) is 0 Å². The van der Waals surface area contributed by atoms with Crippen LogP contribution in [0, 0.1) is 0 Å². The third-order valence-electron chi connectivity index (χ3n) is 3.33. The number of aliphatic hydroxyl groups excluding tert-OH is 1. The molecule has 18 heavy (non-hydrogen) atoms. The van der Waals surface area contributed by atoms with Crippen molar-refractivity contribution in [2.75, 3.05) is 0 Å². The fourth-order valence-electron chi connectivity index (χ4n) is 2.33. The lowest BCUT2D eigenvalue weighted by Gasteiger charge is -2.22. The molecule has 0 radical (unpaired) electrons. The second-order valence-corrected chi connectivity index (χ2v) is 4.55. The van der Waals surface area contributed by atoms with Gasteiger partial charge in [0.25, 0.3) is 0 Å². The molecule has 1 aromatic heterocycles. The molecule has 1 aromatic carbocycles. The predicted molar refractivity (Wildman–Crippen MR) is 73.4 cm³/mol. The molecule has 1 heterocycles. The average molecular weight is 241 g/mol. The Balaban J connectivity index is 2.09. The van der Waals surface area contributed by atoms with Gasteiger partial charge in [0, 0.05) is 18.3 Å². The van der Waals surface area contributed by atoms with Gasteiger partial charge >= 0.3 is 0 Å². The van der Waals surface area contributed by atoms with Crippen molar-refractivity contribution < 1.29 is 5.11 Å². The largest absolute Gasteiger partial charge is 0.392 e. The van der Waals surface area contributed by atoms with Gasteiger partial charge in [-0.1, -0.05) is 37.3 Å². The molecular formula is C16H19NO. The van der Waals surface area contributed by atoms with Gasteiger partial charge in [-0.05, 0) is 36.1 Å². The van der Waals surface area contributed by atoms with Crippen LogP contribution in [0.25, 0.3) is 0 Å². The number of aromatic nitrogens is 1. The Labute approximate surface area is 108 Å². The van der Waals surface area contributed by atoms with E-state index in [1.165, 1.54) is 5.56 Å². The predicted octanol–water partition coefficient (Wildman–Crippen LogP) is 3.18. The van der Waals surface area contributed by atoms with Crippen LogP contribution >= 0.6 is 0 Å². The van der Waals surface area contributed by atoms with Crippen LogP contribution in [0.5, 0.6) is 0 Å². The van der Waals surface area contributed by atoms with Gasteiger partial charge in [-0.25, -0.2) is 0 Å². The van der Waals surface area contributed by atoms with Crippen molar-refractivity contribution in [1.82, 2.24) is 4.98 Å². The molecule has 0 saturated carbocycles. The number of aliphatic hydroxyl groups is 1. The Hall–Kier alpha value is -1.67. The molecule has 2 aromatic rings. The zero-order chi connectivity index (χ0) is 12.8. The molecule has 2 heteroatoms. The first-order valence-corrected chi connectivity index (χ1v) is 6.43. The highest BCUT2D eigenvalue weighted by atomic mass is 16.3. The lowest BCUT2D eigenvalue weighted by Crippen LogP contribution is -2.20. The van der Waals surface area contributed by atoms with Crippen molar-refractivity contribution in [3.05, 3.63) is 66.0 Å². The van der Waals surface area contributed by atoms with Crippen LogP contribution in [0.1, 0.15) is 30.4 Å². The Bertz CT molecular complexity index is 455. The molecular weight excluding hydrogens is 222 g/mol. The molecule has 0 aliphatic rings. The van der Waals surface area contributed by atoms with E-state index in [1.54, 1.807) is 12.4 Å². The SMILES string of the molecule is CCC(c1ccccc1)C(O)Cc1ccncc1. The number of nitrogens with zero attached hydrogens (tertiary/aromatic N) is 1. The van der Waals surface area contributed by atoms with Gasteiger partial charge < -0.3 is 5.11 Å². The standard InChI is InChI=1S/C16H19NO/c1-2-15(14-6-4-3-5-7-14)16(18)12-13-8-10-17-11-9-13/h3-11,15-16,18H,2,12H2,1H3. The van der Waals surface area contributed by atoms with Crippen LogP contribution in [0.3, 0.4) is 0 Å². The maximum absolute atomic E-state index is 10.4. The number of pyridine rings is 1. The highest BCUT2D eigenvalue weighted by Crippen LogP contribution is 2.25. The summed E-state index contributed by atoms with van der Waals surface area (Å²) in [6.07, 6.45) is 4.81. The van der Waals surface area contributed by atoms with Gasteiger partial charge in [-0.3, -0.25) is 4.98 Å². The van der Waals surface area contributed by atoms with Crippen LogP contribution in [-0.2, 0) is 6.42 Å². The first-order chi connectivity index (χ1) is 8.81. The minimum Gasteiger partial charge on any atom is -0.392 e. The third-order valence-corrected chi connectivity index (χ3v) is 3.33. The van der Waals surface area contributed by atoms with Gasteiger partial charge in [0.2, 0.25) is 0 Å². The van der Waals surface area contributed by atoms with Crippen molar-refractivity contribution in [1.29, 1.82) is 0 Å². The molecule has 0 aliphatic heterocycles. The van der Waals surface area contributed by atoms with Crippen molar-refractivity contribution >= 4 is 0 Å². The number of hydrogen-bond acceptors (Lipinski definition) is 2. The summed E-state index contributed by atoms with van der Waals surface area (Å²) in [5.74, 6) is 0.194. The number of rotatable bonds is 5. The molecule has 1 N–H and O–H groups in total. The molecule has 2 nitrogen and oxygen atoms in total. The summed E-state index contributed by atoms with van der Waals surface area (Å²) in [5, 5.41) is 10.4. The Kier molecular flexibility index (Phi) is 4.48. The fourth-order valence-corrected chi connectivity index (χ4v) is 2.33. The summed E-state index contributed by atoms with van der Waals surface area (Å²) in [6, 6.07) is 14.1. The summed E-state index contributed by atoms with van der Waals surface area (Å²) in [5.41, 5.74) is 2.34. The lowest BCUT2D eigenvalue weighted by molar-refractivity contribution is 0.141. The zero-order valence-corrected chi connectivity index (χ0v) is 10.7. The van der Waals surface area contributed by atoms with Crippen molar-refractivity contribution in [3.63, 3.8) is 0 Å². The van der Waals surface area contributed by atoms with Gasteiger partial charge in [0.1, 0.15) is 0 Å². The Morgan fingerprint density at radius 2 is 1.72 bits per heavy atom. The molecule has 0 saturated heterocycles. The van der Waals surface area contributed by atoms with Gasteiger partial charge in [-0.15, -0.1) is 0 Å². The Morgan fingerprint density at radius 1 is 1.06 bits per heavy atom. The summed E-state index contributed by atoms with van der Waals surface area (Å²) in [4.78, 5) is 3.99. The van der Waals surface area contributed by atoms with E-state index in [2.05, 4.69) is 24.0 Å². The second kappa shape index (κ2) is 6.31. The summed E-state index contributed by atoms with van der Waals surface area (Å²) >= 11 is 0. The van der Waals surface area contributed by atoms with E-state index in [9.17, 15) is 5.11 Å². The highest BCUT2D eigenvalue weighted by molar-refractivity contribution is 5.22. The monoisotopic (exact) mass is 241 g/mol. The molecule has 0 spiro atoms. The van der Waals surface area contributed by atoms with Crippen molar-refractivity contribution in [3.8, 4) is 0 Å². The van der Waals surface area contributed by atoms with E-state index < -0.39 is 0 Å². The van der Waals surface area contributed by atoms with E-state index in [-0.39, 0.29) is 12.0 Å². The van der Waals surface area contributed by atoms with Crippen LogP contribution in [0.4, 0.5) is 0 Å². The normalized spacial score (nSPS) is 14.1. The average Bonchev–Trinajstić information content (AvgIpc) is 2.42. The molecule has 2 atom stereocenters. The molecule has 2 rings (SSSR count). The fraction of sp³-hybridized carbons (Fsp3) is 0.312. The van der Waals surface area contributed by atoms with Gasteiger partial charge in [0.05, 0.1) is 6.10 Å². The first-order valence-electron chi connectivity index (χ1n) is 6.43. The van der Waals surface area contributed by atoms with E-state index in [1.807, 2.05) is 30.3 Å². The quantitative estimate of drug-likeness (QED) is 0.872. The van der Waals surface area contributed by atoms with Crippen LogP contribution in [0.15, 0.2) is 54.9 Å². The minimum absolute atomic E-state index is 0.194. The third kappa shape index (κ3) is 3.17. The maximum atomic E-state index is 10.4. The molecule has 0 bridgehead atoms. The van der Waals surface area contributed by atoms with E-state index in [0.29, 0.717) is 6.42 Å². The summed E-state index contributed by atoms with van der Waals surface area (Å²) in [6.45, 7) is 2.12. The van der Waals surface area contributed by atoms with E-state index in [0.717, 1.165) is 12.0 Å². The maximum Gasteiger partial charge on any atom is 0.0648 e. The summed E-state index contributed by atoms with van der Waals surface area (Å²) < 4.78 is 0. The van der Waals surface area contributed by atoms with Crippen LogP contribution in [0.2, 0.25) is 0 Å². The number of hydrogen-bond donors (Lipinski definition) is 1. The smallest absolute Gasteiger partial charge is 0.0648 e. The van der Waals surface area contributed by atoms with Gasteiger partial charge in [0.15, 0.2) is 0 Å². The molecule has 94 valence electrons. The molecule has 0 fully saturated rings. The molecule has 2 unspecified atom stereocenters. The highest BCUT2D eigenvalue weighted by Gasteiger charge is 2.19. The van der Waals surface area contributed by atoms with Crippen molar-refractivity contribution in [2.45, 2.75) is 31.8 Å². The topological polar surface area (TPSA) is 33.1 Å². The van der Waals surface area contributed by atoms with E-state index in [4.69, 9.17) is 0 Å². The second-order valence-electron chi connectivity index (χ2n) is 4.55. The molecule has 0 amide bonds. The zero-order valence-electron chi connectivity index (χ0n) is 10.7. The Morgan fingerprint density at radius 3 is 2.33 bits per heavy atom. The van der Waals surface area contributed by atoms with Crippen LogP contribution in [-0.4, -0.2) is 16.2 Å². The first kappa shape index (κ1) is 12.8. The summed E-state index contributed by atoms with van der Waals surface area (Å²) in [7, 11) is 0.